The number of aryl methyl sites for hydroxylation is 2. The lowest BCUT2D eigenvalue weighted by Gasteiger charge is -2.12. The molecule has 144 valence electrons. The Labute approximate surface area is 155 Å². The van der Waals surface area contributed by atoms with Gasteiger partial charge in [-0.25, -0.2) is 4.79 Å². The van der Waals surface area contributed by atoms with Gasteiger partial charge in [-0.15, -0.1) is 0 Å². The zero-order valence-electron chi connectivity index (χ0n) is 15.3. The molecule has 3 N–H and O–H groups in total. The third kappa shape index (κ3) is 4.20. The highest BCUT2D eigenvalue weighted by atomic mass is 16.5. The Kier molecular flexibility index (Phi) is 5.60. The first-order valence-corrected chi connectivity index (χ1v) is 8.76. The number of benzene rings is 1. The van der Waals surface area contributed by atoms with Crippen LogP contribution in [-0.2, 0) is 13.6 Å². The highest BCUT2D eigenvalue weighted by Gasteiger charge is 2.17. The second-order valence-corrected chi connectivity index (χ2v) is 6.32. The molecule has 2 aromatic heterocycles. The van der Waals surface area contributed by atoms with Crippen LogP contribution in [0.15, 0.2) is 39.9 Å². The number of nitrogens with one attached hydrogen (secondary N) is 2. The Bertz CT molecular complexity index is 1020. The van der Waals surface area contributed by atoms with Crippen molar-refractivity contribution in [3.05, 3.63) is 51.2 Å². The maximum absolute atomic E-state index is 12.3. The van der Waals surface area contributed by atoms with Gasteiger partial charge in [0.25, 0.3) is 5.56 Å². The van der Waals surface area contributed by atoms with Gasteiger partial charge in [0.1, 0.15) is 5.75 Å². The maximum Gasteiger partial charge on any atom is 0.329 e. The first-order valence-electron chi connectivity index (χ1n) is 8.76. The van der Waals surface area contributed by atoms with Gasteiger partial charge < -0.3 is 19.7 Å². The van der Waals surface area contributed by atoms with E-state index >= 15 is 0 Å². The lowest BCUT2D eigenvalue weighted by molar-refractivity contribution is 0.208. The molecule has 2 heterocycles. The number of anilines is 1. The third-order valence-corrected chi connectivity index (χ3v) is 4.10. The summed E-state index contributed by atoms with van der Waals surface area (Å²) in [7, 11) is 1.55. The third-order valence-electron chi connectivity index (χ3n) is 4.10. The highest BCUT2D eigenvalue weighted by Crippen LogP contribution is 2.16. The van der Waals surface area contributed by atoms with Gasteiger partial charge in [-0.3, -0.25) is 14.3 Å². The monoisotopic (exact) mass is 373 g/mol. The maximum atomic E-state index is 12.3. The molecule has 0 unspecified atom stereocenters. The SMILES string of the molecule is C[C@@H](O)CNc1nc2c(c(=O)[nH]c(=O)n2C)n1CCCOc1ccccc1. The number of fused-ring (bicyclic) bond motifs is 1. The number of para-hydroxylation sites is 1. The molecule has 0 amide bonds. The van der Waals surface area contributed by atoms with Crippen LogP contribution in [0, 0.1) is 0 Å². The highest BCUT2D eigenvalue weighted by molar-refractivity contribution is 5.74. The van der Waals surface area contributed by atoms with E-state index in [1.54, 1.807) is 18.5 Å². The van der Waals surface area contributed by atoms with E-state index in [0.29, 0.717) is 36.7 Å². The second-order valence-electron chi connectivity index (χ2n) is 6.32. The van der Waals surface area contributed by atoms with E-state index in [2.05, 4.69) is 15.3 Å². The molecule has 1 aromatic carbocycles. The molecular formula is C18H23N5O4. The number of ether oxygens (including phenoxy) is 1. The normalized spacial score (nSPS) is 12.3. The smallest absolute Gasteiger partial charge is 0.329 e. The number of aromatic amines is 1. The molecule has 9 nitrogen and oxygen atoms in total. The van der Waals surface area contributed by atoms with E-state index in [1.165, 1.54) is 4.57 Å². The molecule has 0 aliphatic heterocycles. The molecular weight excluding hydrogens is 350 g/mol. The summed E-state index contributed by atoms with van der Waals surface area (Å²) in [4.78, 5) is 30.9. The van der Waals surface area contributed by atoms with Gasteiger partial charge in [0, 0.05) is 20.1 Å². The number of hydrogen-bond acceptors (Lipinski definition) is 6. The summed E-state index contributed by atoms with van der Waals surface area (Å²) in [5, 5.41) is 12.6. The van der Waals surface area contributed by atoms with Gasteiger partial charge in [-0.2, -0.15) is 4.98 Å². The second kappa shape index (κ2) is 8.09. The predicted molar refractivity (Wildman–Crippen MR) is 102 cm³/mol. The van der Waals surface area contributed by atoms with Crippen molar-refractivity contribution >= 4 is 17.1 Å². The first-order chi connectivity index (χ1) is 13.0. The minimum atomic E-state index is -0.582. The summed E-state index contributed by atoms with van der Waals surface area (Å²) in [6.45, 7) is 2.85. The molecule has 3 rings (SSSR count). The zero-order valence-corrected chi connectivity index (χ0v) is 15.3. The molecule has 0 radical (unpaired) electrons. The Morgan fingerprint density at radius 1 is 1.30 bits per heavy atom. The van der Waals surface area contributed by atoms with Crippen molar-refractivity contribution in [2.45, 2.75) is 26.0 Å². The summed E-state index contributed by atoms with van der Waals surface area (Å²) >= 11 is 0. The van der Waals surface area contributed by atoms with Crippen molar-refractivity contribution in [3.8, 4) is 5.75 Å². The summed E-state index contributed by atoms with van der Waals surface area (Å²) < 4.78 is 8.70. The fraction of sp³-hybridized carbons (Fsp3) is 0.389. The van der Waals surface area contributed by atoms with Gasteiger partial charge in [0.05, 0.1) is 12.7 Å². The molecule has 0 saturated heterocycles. The standard InChI is InChI=1S/C18H23N5O4/c1-12(24)11-19-17-20-15-14(16(25)21-18(26)22(15)2)23(17)9-6-10-27-13-7-4-3-5-8-13/h3-5,7-8,12,24H,6,9-11H2,1-2H3,(H,19,20)(H,21,25,26)/t12-/m1/s1. The summed E-state index contributed by atoms with van der Waals surface area (Å²) in [5.74, 6) is 1.21. The van der Waals surface area contributed by atoms with Crippen LogP contribution < -0.4 is 21.3 Å². The fourth-order valence-corrected chi connectivity index (χ4v) is 2.76. The van der Waals surface area contributed by atoms with E-state index in [1.807, 2.05) is 30.3 Å². The van der Waals surface area contributed by atoms with Gasteiger partial charge >= 0.3 is 5.69 Å². The number of aromatic nitrogens is 4. The molecule has 0 fully saturated rings. The lowest BCUT2D eigenvalue weighted by atomic mass is 10.3. The first kappa shape index (κ1) is 18.7. The average Bonchev–Trinajstić information content (AvgIpc) is 3.02. The Hall–Kier alpha value is -3.07. The van der Waals surface area contributed by atoms with E-state index in [9.17, 15) is 14.7 Å². The van der Waals surface area contributed by atoms with Gasteiger partial charge in [0.15, 0.2) is 11.2 Å². The topological polar surface area (TPSA) is 114 Å². The average molecular weight is 373 g/mol. The van der Waals surface area contributed by atoms with E-state index in [0.717, 1.165) is 5.75 Å². The predicted octanol–water partition coefficient (Wildman–Crippen LogP) is 0.685. The molecule has 0 spiro atoms. The minimum Gasteiger partial charge on any atom is -0.494 e. The Morgan fingerprint density at radius 3 is 2.74 bits per heavy atom. The number of nitrogens with zero attached hydrogens (tertiary/aromatic N) is 3. The van der Waals surface area contributed by atoms with Crippen molar-refractivity contribution in [1.82, 2.24) is 19.1 Å². The van der Waals surface area contributed by atoms with Crippen molar-refractivity contribution in [3.63, 3.8) is 0 Å². The largest absolute Gasteiger partial charge is 0.494 e. The van der Waals surface area contributed by atoms with Crippen LogP contribution in [0.25, 0.3) is 11.2 Å². The number of hydrogen-bond donors (Lipinski definition) is 3. The lowest BCUT2D eigenvalue weighted by Crippen LogP contribution is -2.29. The van der Waals surface area contributed by atoms with E-state index < -0.39 is 17.4 Å². The summed E-state index contributed by atoms with van der Waals surface area (Å²) in [6, 6.07) is 9.47. The van der Waals surface area contributed by atoms with Crippen LogP contribution in [0.4, 0.5) is 5.95 Å². The molecule has 9 heteroatoms. The van der Waals surface area contributed by atoms with Crippen molar-refractivity contribution in [2.24, 2.45) is 7.05 Å². The fourth-order valence-electron chi connectivity index (χ4n) is 2.76. The van der Waals surface area contributed by atoms with Gasteiger partial charge in [0.2, 0.25) is 5.95 Å². The Balaban J connectivity index is 1.84. The molecule has 1 atom stereocenters. The van der Waals surface area contributed by atoms with Crippen LogP contribution in [0.3, 0.4) is 0 Å². The molecule has 0 aliphatic carbocycles. The van der Waals surface area contributed by atoms with Gasteiger partial charge in [-0.1, -0.05) is 18.2 Å². The Morgan fingerprint density at radius 2 is 2.04 bits per heavy atom. The summed E-state index contributed by atoms with van der Waals surface area (Å²) in [6.07, 6.45) is 0.0493. The quantitative estimate of drug-likeness (QED) is 0.501. The van der Waals surface area contributed by atoms with Gasteiger partial charge in [-0.05, 0) is 25.5 Å². The van der Waals surface area contributed by atoms with Crippen LogP contribution in [0.1, 0.15) is 13.3 Å². The number of rotatable bonds is 8. The molecule has 3 aromatic rings. The number of aliphatic hydroxyl groups is 1. The minimum absolute atomic E-state index is 0.274. The van der Waals surface area contributed by atoms with Crippen LogP contribution in [0.2, 0.25) is 0 Å². The zero-order chi connectivity index (χ0) is 19.4. The van der Waals surface area contributed by atoms with Crippen molar-refractivity contribution in [1.29, 1.82) is 0 Å². The number of aliphatic hydroxyl groups excluding tert-OH is 1. The van der Waals surface area contributed by atoms with Crippen LogP contribution >= 0.6 is 0 Å². The van der Waals surface area contributed by atoms with E-state index in [4.69, 9.17) is 4.74 Å². The van der Waals surface area contributed by atoms with Crippen LogP contribution in [-0.4, -0.2) is 43.5 Å². The van der Waals surface area contributed by atoms with Crippen LogP contribution in [0.5, 0.6) is 5.75 Å². The number of imidazole rings is 1. The molecule has 0 saturated carbocycles. The van der Waals surface area contributed by atoms with E-state index in [-0.39, 0.29) is 6.54 Å². The number of H-pyrrole nitrogens is 1. The molecule has 27 heavy (non-hydrogen) atoms. The summed E-state index contributed by atoms with van der Waals surface area (Å²) in [5.41, 5.74) is -0.410. The van der Waals surface area contributed by atoms with Crippen molar-refractivity contribution in [2.75, 3.05) is 18.5 Å². The molecule has 0 bridgehead atoms. The molecule has 0 aliphatic rings. The van der Waals surface area contributed by atoms with Crippen molar-refractivity contribution < 1.29 is 9.84 Å².